The van der Waals surface area contributed by atoms with Crippen molar-refractivity contribution in [3.63, 3.8) is 0 Å². The fraction of sp³-hybridized carbons (Fsp3) is 0.136. The SMILES string of the molecule is CCN(c1nc(N)nc(N)c1C#N)c1nc2cccc(Cl)c2c(=O)n1-c1cc(F)cc(C(F)(F)F)c1. The normalized spacial score (nSPS) is 11.5. The van der Waals surface area contributed by atoms with Crippen molar-refractivity contribution in [3.8, 4) is 11.8 Å². The lowest BCUT2D eigenvalue weighted by Crippen LogP contribution is -2.31. The van der Waals surface area contributed by atoms with E-state index in [1.54, 1.807) is 6.92 Å². The summed E-state index contributed by atoms with van der Waals surface area (Å²) in [5.41, 5.74) is 8.72. The number of nitrogens with two attached hydrogens (primary N) is 2. The Morgan fingerprint density at radius 3 is 2.53 bits per heavy atom. The summed E-state index contributed by atoms with van der Waals surface area (Å²) in [5.74, 6) is -2.25. The molecule has 4 aromatic rings. The molecule has 0 bridgehead atoms. The highest BCUT2D eigenvalue weighted by molar-refractivity contribution is 6.35. The first-order chi connectivity index (χ1) is 17.0. The second-order valence-corrected chi connectivity index (χ2v) is 7.81. The van der Waals surface area contributed by atoms with Crippen molar-refractivity contribution in [3.05, 3.63) is 68.7 Å². The molecule has 0 aliphatic rings. The maximum Gasteiger partial charge on any atom is 0.416 e. The summed E-state index contributed by atoms with van der Waals surface area (Å²) in [6, 6.07) is 7.87. The molecule has 0 saturated carbocycles. The average Bonchev–Trinajstić information content (AvgIpc) is 2.78. The number of nitrogens with zero attached hydrogens (tertiary/aromatic N) is 6. The predicted molar refractivity (Wildman–Crippen MR) is 126 cm³/mol. The van der Waals surface area contributed by atoms with Gasteiger partial charge in [-0.05, 0) is 37.3 Å². The highest BCUT2D eigenvalue weighted by Crippen LogP contribution is 2.34. The van der Waals surface area contributed by atoms with Gasteiger partial charge in [0.05, 0.1) is 27.2 Å². The van der Waals surface area contributed by atoms with Gasteiger partial charge in [-0.25, -0.2) is 13.9 Å². The molecule has 14 heteroatoms. The van der Waals surface area contributed by atoms with Crippen LogP contribution in [-0.4, -0.2) is 26.1 Å². The molecular formula is C22H15ClF4N8O. The number of alkyl halides is 3. The monoisotopic (exact) mass is 518 g/mol. The average molecular weight is 519 g/mol. The van der Waals surface area contributed by atoms with Crippen LogP contribution < -0.4 is 21.9 Å². The summed E-state index contributed by atoms with van der Waals surface area (Å²) in [7, 11) is 0. The largest absolute Gasteiger partial charge is 0.416 e. The van der Waals surface area contributed by atoms with Crippen LogP contribution in [0.3, 0.4) is 0 Å². The van der Waals surface area contributed by atoms with E-state index >= 15 is 0 Å². The number of anilines is 4. The zero-order valence-electron chi connectivity index (χ0n) is 18.3. The van der Waals surface area contributed by atoms with Crippen LogP contribution in [0.25, 0.3) is 16.6 Å². The summed E-state index contributed by atoms with van der Waals surface area (Å²) in [4.78, 5) is 27.1. The molecule has 0 radical (unpaired) electrons. The summed E-state index contributed by atoms with van der Waals surface area (Å²) in [6.45, 7) is 1.59. The van der Waals surface area contributed by atoms with E-state index in [1.807, 2.05) is 6.07 Å². The molecule has 0 amide bonds. The van der Waals surface area contributed by atoms with Gasteiger partial charge in [-0.2, -0.15) is 28.4 Å². The standard InChI is InChI=1S/C22H15ClF4N8O/c1-2-34(18-13(9-28)17(29)32-20(30)33-18)21-31-15-5-3-4-14(23)16(15)19(36)35(21)12-7-10(22(25,26)27)6-11(24)8-12/h3-8H,2H2,1H3,(H4,29,30,32,33). The quantitative estimate of drug-likeness (QED) is 0.383. The van der Waals surface area contributed by atoms with E-state index in [-0.39, 0.29) is 51.6 Å². The first-order valence-corrected chi connectivity index (χ1v) is 10.5. The van der Waals surface area contributed by atoms with Crippen LogP contribution in [0.4, 0.5) is 41.1 Å². The second-order valence-electron chi connectivity index (χ2n) is 7.40. The Kier molecular flexibility index (Phi) is 6.15. The molecule has 9 nitrogen and oxygen atoms in total. The molecule has 184 valence electrons. The Labute approximate surface area is 205 Å². The Morgan fingerprint density at radius 1 is 1.17 bits per heavy atom. The first-order valence-electron chi connectivity index (χ1n) is 10.2. The molecule has 0 fully saturated rings. The number of aromatic nitrogens is 4. The maximum absolute atomic E-state index is 14.4. The van der Waals surface area contributed by atoms with Crippen molar-refractivity contribution in [2.75, 3.05) is 22.9 Å². The highest BCUT2D eigenvalue weighted by Gasteiger charge is 2.32. The molecule has 2 heterocycles. The van der Waals surface area contributed by atoms with Crippen molar-refractivity contribution in [2.24, 2.45) is 0 Å². The smallest absolute Gasteiger partial charge is 0.382 e. The number of benzene rings is 2. The number of halogens is 5. The molecule has 0 aliphatic carbocycles. The van der Waals surface area contributed by atoms with Crippen LogP contribution >= 0.6 is 11.6 Å². The van der Waals surface area contributed by atoms with E-state index in [0.717, 1.165) is 10.6 Å². The van der Waals surface area contributed by atoms with Crippen LogP contribution in [0, 0.1) is 17.1 Å². The minimum atomic E-state index is -4.91. The van der Waals surface area contributed by atoms with Gasteiger partial charge in [-0.15, -0.1) is 0 Å². The van der Waals surface area contributed by atoms with Gasteiger partial charge in [0, 0.05) is 6.54 Å². The van der Waals surface area contributed by atoms with E-state index in [2.05, 4.69) is 15.0 Å². The minimum absolute atomic E-state index is 0.00940. The lowest BCUT2D eigenvalue weighted by atomic mass is 10.1. The number of nitriles is 1. The van der Waals surface area contributed by atoms with Crippen LogP contribution in [-0.2, 0) is 6.18 Å². The van der Waals surface area contributed by atoms with Crippen LogP contribution in [0.5, 0.6) is 0 Å². The van der Waals surface area contributed by atoms with Gasteiger partial charge in [0.15, 0.2) is 5.82 Å². The lowest BCUT2D eigenvalue weighted by molar-refractivity contribution is -0.137. The molecule has 0 unspecified atom stereocenters. The zero-order valence-corrected chi connectivity index (χ0v) is 19.1. The zero-order chi connectivity index (χ0) is 26.4. The van der Waals surface area contributed by atoms with Crippen LogP contribution in [0.2, 0.25) is 5.02 Å². The highest BCUT2D eigenvalue weighted by atomic mass is 35.5. The lowest BCUT2D eigenvalue weighted by Gasteiger charge is -2.26. The van der Waals surface area contributed by atoms with Gasteiger partial charge in [0.25, 0.3) is 5.56 Å². The first kappa shape index (κ1) is 24.7. The molecule has 0 saturated heterocycles. The topological polar surface area (TPSA) is 140 Å². The minimum Gasteiger partial charge on any atom is -0.382 e. The molecule has 2 aromatic carbocycles. The van der Waals surface area contributed by atoms with Gasteiger partial charge in [-0.3, -0.25) is 9.69 Å². The third kappa shape index (κ3) is 4.22. The Morgan fingerprint density at radius 2 is 1.89 bits per heavy atom. The third-order valence-electron chi connectivity index (χ3n) is 5.16. The van der Waals surface area contributed by atoms with E-state index < -0.39 is 28.8 Å². The van der Waals surface area contributed by atoms with E-state index in [4.69, 9.17) is 23.1 Å². The van der Waals surface area contributed by atoms with E-state index in [1.165, 1.54) is 23.1 Å². The molecular weight excluding hydrogens is 504 g/mol. The molecule has 4 N–H and O–H groups in total. The summed E-state index contributed by atoms with van der Waals surface area (Å²) in [5, 5.41) is 9.50. The maximum atomic E-state index is 14.4. The molecule has 0 atom stereocenters. The van der Waals surface area contributed by atoms with Crippen LogP contribution in [0.15, 0.2) is 41.2 Å². The molecule has 2 aromatic heterocycles. The molecule has 0 aliphatic heterocycles. The third-order valence-corrected chi connectivity index (χ3v) is 5.47. The Balaban J connectivity index is 2.16. The van der Waals surface area contributed by atoms with E-state index in [9.17, 15) is 27.6 Å². The fourth-order valence-corrected chi connectivity index (χ4v) is 3.88. The van der Waals surface area contributed by atoms with Gasteiger partial charge in [0.2, 0.25) is 11.9 Å². The Bertz CT molecular complexity index is 1610. The van der Waals surface area contributed by atoms with Crippen molar-refractivity contribution in [2.45, 2.75) is 13.1 Å². The summed E-state index contributed by atoms with van der Waals surface area (Å²) >= 11 is 6.21. The van der Waals surface area contributed by atoms with Crippen molar-refractivity contribution in [1.82, 2.24) is 19.5 Å². The van der Waals surface area contributed by atoms with Crippen molar-refractivity contribution in [1.29, 1.82) is 5.26 Å². The van der Waals surface area contributed by atoms with Crippen molar-refractivity contribution >= 4 is 46.0 Å². The van der Waals surface area contributed by atoms with Gasteiger partial charge >= 0.3 is 6.18 Å². The van der Waals surface area contributed by atoms with Crippen LogP contribution in [0.1, 0.15) is 18.1 Å². The number of hydrogen-bond donors (Lipinski definition) is 2. The Hall–Kier alpha value is -4.44. The molecule has 4 rings (SSSR count). The number of rotatable bonds is 4. The number of fused-ring (bicyclic) bond motifs is 1. The van der Waals surface area contributed by atoms with Gasteiger partial charge < -0.3 is 11.5 Å². The fourth-order valence-electron chi connectivity index (χ4n) is 3.63. The van der Waals surface area contributed by atoms with E-state index in [0.29, 0.717) is 12.1 Å². The van der Waals surface area contributed by atoms with Gasteiger partial charge in [-0.1, -0.05) is 17.7 Å². The molecule has 36 heavy (non-hydrogen) atoms. The number of hydrogen-bond acceptors (Lipinski definition) is 8. The summed E-state index contributed by atoms with van der Waals surface area (Å²) < 4.78 is 55.5. The van der Waals surface area contributed by atoms with Crippen molar-refractivity contribution < 1.29 is 17.6 Å². The summed E-state index contributed by atoms with van der Waals surface area (Å²) in [6.07, 6.45) is -4.91. The molecule has 0 spiro atoms. The van der Waals surface area contributed by atoms with Gasteiger partial charge in [0.1, 0.15) is 23.3 Å². The number of nitrogen functional groups attached to an aromatic ring is 2. The second kappa shape index (κ2) is 8.97. The predicted octanol–water partition coefficient (Wildman–Crippen LogP) is 4.18.